The zero-order chi connectivity index (χ0) is 16.0. The van der Waals surface area contributed by atoms with Crippen molar-refractivity contribution in [1.29, 1.82) is 0 Å². The highest BCUT2D eigenvalue weighted by molar-refractivity contribution is 6.76. The Bertz CT molecular complexity index is 575. The van der Waals surface area contributed by atoms with Gasteiger partial charge in [0, 0.05) is 38.9 Å². The molecule has 120 valence electrons. The molecule has 0 fully saturated rings. The van der Waals surface area contributed by atoms with Crippen molar-refractivity contribution in [2.75, 3.05) is 12.5 Å². The molecule has 0 atom stereocenters. The van der Waals surface area contributed by atoms with Gasteiger partial charge in [0.15, 0.2) is 0 Å². The number of ether oxygens (including phenoxy) is 1. The normalized spacial score (nSPS) is 11.9. The number of aromatic nitrogens is 2. The highest BCUT2D eigenvalue weighted by Crippen LogP contribution is 2.07. The van der Waals surface area contributed by atoms with Crippen LogP contribution in [0.4, 0.5) is 0 Å². The number of halogens is 1. The fourth-order valence-electron chi connectivity index (χ4n) is 1.85. The molecule has 0 saturated carbocycles. The molecule has 0 aliphatic carbocycles. The van der Waals surface area contributed by atoms with Gasteiger partial charge >= 0.3 is 5.69 Å². The van der Waals surface area contributed by atoms with Gasteiger partial charge in [-0.15, -0.1) is 11.6 Å². The van der Waals surface area contributed by atoms with Crippen LogP contribution < -0.4 is 11.2 Å². The quantitative estimate of drug-likeness (QED) is 0.417. The van der Waals surface area contributed by atoms with Crippen molar-refractivity contribution in [3.05, 3.63) is 32.6 Å². The summed E-state index contributed by atoms with van der Waals surface area (Å²) in [7, 11) is -1.14. The van der Waals surface area contributed by atoms with E-state index in [1.165, 1.54) is 9.13 Å². The van der Waals surface area contributed by atoms with Gasteiger partial charge in [0.1, 0.15) is 6.73 Å². The third-order valence-electron chi connectivity index (χ3n) is 3.15. The Kier molecular flexibility index (Phi) is 6.90. The lowest BCUT2D eigenvalue weighted by molar-refractivity contribution is 0.0823. The molecule has 1 aromatic rings. The smallest absolute Gasteiger partial charge is 0.332 e. The second kappa shape index (κ2) is 7.96. The molecule has 7 heteroatoms. The summed E-state index contributed by atoms with van der Waals surface area (Å²) in [5, 5.41) is 0. The lowest BCUT2D eigenvalue weighted by Crippen LogP contribution is -2.41. The van der Waals surface area contributed by atoms with Crippen LogP contribution in [0.25, 0.3) is 0 Å². The van der Waals surface area contributed by atoms with E-state index >= 15 is 0 Å². The van der Waals surface area contributed by atoms with Gasteiger partial charge in [0.25, 0.3) is 5.56 Å². The molecule has 0 N–H and O–H groups in total. The van der Waals surface area contributed by atoms with Gasteiger partial charge in [0.2, 0.25) is 0 Å². The Morgan fingerprint density at radius 1 is 1.29 bits per heavy atom. The van der Waals surface area contributed by atoms with Gasteiger partial charge in [-0.2, -0.15) is 0 Å². The third-order valence-corrected chi connectivity index (χ3v) is 5.12. The van der Waals surface area contributed by atoms with Gasteiger partial charge in [-0.05, 0) is 19.4 Å². The maximum atomic E-state index is 12.3. The molecule has 21 heavy (non-hydrogen) atoms. The van der Waals surface area contributed by atoms with Crippen molar-refractivity contribution in [2.24, 2.45) is 0 Å². The van der Waals surface area contributed by atoms with Crippen LogP contribution >= 0.6 is 11.6 Å². The molecule has 5 nitrogen and oxygen atoms in total. The maximum absolute atomic E-state index is 12.3. The summed E-state index contributed by atoms with van der Waals surface area (Å²) in [6.45, 7) is 9.71. The summed E-state index contributed by atoms with van der Waals surface area (Å²) in [5.41, 5.74) is -0.0369. The van der Waals surface area contributed by atoms with Gasteiger partial charge in [-0.25, -0.2) is 4.79 Å². The standard InChI is InChI=1S/C14H25ClN2O3Si/c1-12-10-16(11-20-8-9-21(2,3)4)14(19)17(13(12)18)7-5-6-15/h10H,5-9,11H2,1-4H3. The van der Waals surface area contributed by atoms with Crippen LogP contribution in [0.3, 0.4) is 0 Å². The summed E-state index contributed by atoms with van der Waals surface area (Å²) in [5.74, 6) is 0.423. The molecule has 0 aliphatic heterocycles. The van der Waals surface area contributed by atoms with Gasteiger partial charge in [-0.1, -0.05) is 19.6 Å². The van der Waals surface area contributed by atoms with Crippen molar-refractivity contribution < 1.29 is 4.74 Å². The topological polar surface area (TPSA) is 53.2 Å². The lowest BCUT2D eigenvalue weighted by Gasteiger charge is -2.16. The Balaban J connectivity index is 2.81. The molecule has 0 aromatic carbocycles. The Morgan fingerprint density at radius 3 is 2.52 bits per heavy atom. The van der Waals surface area contributed by atoms with Crippen molar-refractivity contribution >= 4 is 19.7 Å². The van der Waals surface area contributed by atoms with Crippen LogP contribution in [0.15, 0.2) is 15.8 Å². The first kappa shape index (κ1) is 18.2. The molecule has 0 aliphatic rings. The molecule has 1 aromatic heterocycles. The van der Waals surface area contributed by atoms with Crippen molar-refractivity contribution in [1.82, 2.24) is 9.13 Å². The van der Waals surface area contributed by atoms with Crippen molar-refractivity contribution in [2.45, 2.75) is 52.3 Å². The molecule has 0 saturated heterocycles. The Morgan fingerprint density at radius 2 is 1.95 bits per heavy atom. The molecule has 0 unspecified atom stereocenters. The number of alkyl halides is 1. The second-order valence-electron chi connectivity index (χ2n) is 6.41. The zero-order valence-electron chi connectivity index (χ0n) is 13.3. The first-order valence-corrected chi connectivity index (χ1v) is 11.4. The number of nitrogens with zero attached hydrogens (tertiary/aromatic N) is 2. The van der Waals surface area contributed by atoms with E-state index in [0.29, 0.717) is 31.0 Å². The summed E-state index contributed by atoms with van der Waals surface area (Å²) in [4.78, 5) is 24.2. The van der Waals surface area contributed by atoms with Crippen LogP contribution in [0.1, 0.15) is 12.0 Å². The average Bonchev–Trinajstić information content (AvgIpc) is 2.39. The van der Waals surface area contributed by atoms with Crippen LogP contribution in [-0.2, 0) is 18.0 Å². The minimum Gasteiger partial charge on any atom is -0.361 e. The molecule has 0 bridgehead atoms. The van der Waals surface area contributed by atoms with E-state index in [0.717, 1.165) is 6.04 Å². The highest BCUT2D eigenvalue weighted by atomic mass is 35.5. The van der Waals surface area contributed by atoms with Crippen LogP contribution in [0, 0.1) is 6.92 Å². The van der Waals surface area contributed by atoms with E-state index < -0.39 is 8.07 Å². The predicted molar refractivity (Wildman–Crippen MR) is 89.1 cm³/mol. The van der Waals surface area contributed by atoms with E-state index in [1.54, 1.807) is 13.1 Å². The summed E-state index contributed by atoms with van der Waals surface area (Å²) >= 11 is 5.64. The van der Waals surface area contributed by atoms with Crippen LogP contribution in [0.5, 0.6) is 0 Å². The van der Waals surface area contributed by atoms with E-state index in [9.17, 15) is 9.59 Å². The lowest BCUT2D eigenvalue weighted by atomic mass is 10.3. The zero-order valence-corrected chi connectivity index (χ0v) is 15.1. The predicted octanol–water partition coefficient (Wildman–Crippen LogP) is 2.26. The minimum absolute atomic E-state index is 0.186. The summed E-state index contributed by atoms with van der Waals surface area (Å²) in [6.07, 6.45) is 2.16. The molecule has 1 rings (SSSR count). The fourth-order valence-corrected chi connectivity index (χ4v) is 2.72. The molecular formula is C14H25ClN2O3Si. The van der Waals surface area contributed by atoms with Crippen molar-refractivity contribution in [3.8, 4) is 0 Å². The van der Waals surface area contributed by atoms with Gasteiger partial charge < -0.3 is 4.74 Å². The van der Waals surface area contributed by atoms with Gasteiger partial charge in [-0.3, -0.25) is 13.9 Å². The minimum atomic E-state index is -1.14. The maximum Gasteiger partial charge on any atom is 0.332 e. The van der Waals surface area contributed by atoms with Gasteiger partial charge in [0.05, 0.1) is 0 Å². The molecule has 0 amide bonds. The van der Waals surface area contributed by atoms with E-state index in [1.807, 2.05) is 0 Å². The highest BCUT2D eigenvalue weighted by Gasteiger charge is 2.13. The number of hydrogen-bond donors (Lipinski definition) is 0. The second-order valence-corrected chi connectivity index (χ2v) is 12.4. The van der Waals surface area contributed by atoms with Crippen molar-refractivity contribution in [3.63, 3.8) is 0 Å². The molecule has 1 heterocycles. The van der Waals surface area contributed by atoms with E-state index in [-0.39, 0.29) is 18.0 Å². The molecule has 0 radical (unpaired) electrons. The average molecular weight is 333 g/mol. The third kappa shape index (κ3) is 5.80. The van der Waals surface area contributed by atoms with Crippen LogP contribution in [0.2, 0.25) is 25.7 Å². The first-order valence-electron chi connectivity index (χ1n) is 7.21. The fraction of sp³-hybridized carbons (Fsp3) is 0.714. The Hall–Kier alpha value is -0.853. The first-order chi connectivity index (χ1) is 9.76. The summed E-state index contributed by atoms with van der Waals surface area (Å²) < 4.78 is 8.28. The number of rotatable bonds is 8. The van der Waals surface area contributed by atoms with Crippen LogP contribution in [-0.4, -0.2) is 29.7 Å². The summed E-state index contributed by atoms with van der Waals surface area (Å²) in [6, 6.07) is 1.05. The number of aryl methyl sites for hydroxylation is 1. The van der Waals surface area contributed by atoms with E-state index in [4.69, 9.17) is 16.3 Å². The SMILES string of the molecule is Cc1cn(COCC[Si](C)(C)C)c(=O)n(CCCCl)c1=O. The number of hydrogen-bond acceptors (Lipinski definition) is 3. The monoisotopic (exact) mass is 332 g/mol. The largest absolute Gasteiger partial charge is 0.361 e. The van der Waals surface area contributed by atoms with E-state index in [2.05, 4.69) is 19.6 Å². The molecular weight excluding hydrogens is 308 g/mol. The Labute approximate surface area is 131 Å². The molecule has 0 spiro atoms.